The molecule has 172 valence electrons. The van der Waals surface area contributed by atoms with Crippen LogP contribution in [0.2, 0.25) is 0 Å². The maximum atomic E-state index is 14.7. The van der Waals surface area contributed by atoms with Crippen molar-refractivity contribution in [2.45, 2.75) is 24.9 Å². The van der Waals surface area contributed by atoms with Gasteiger partial charge in [-0.25, -0.2) is 9.18 Å². The fourth-order valence-electron chi connectivity index (χ4n) is 4.22. The molecular formula is C25H26FN3O4. The highest BCUT2D eigenvalue weighted by atomic mass is 19.1. The molecule has 2 saturated heterocycles. The van der Waals surface area contributed by atoms with Crippen molar-refractivity contribution in [1.29, 1.82) is 0 Å². The second kappa shape index (κ2) is 10.4. The molecular weight excluding hydrogens is 425 g/mol. The molecule has 2 amide bonds. The Labute approximate surface area is 191 Å². The zero-order valence-electron chi connectivity index (χ0n) is 18.1. The Morgan fingerprint density at radius 2 is 1.85 bits per heavy atom. The van der Waals surface area contributed by atoms with Gasteiger partial charge in [0, 0.05) is 17.2 Å². The van der Waals surface area contributed by atoms with Crippen LogP contribution in [-0.4, -0.2) is 50.1 Å². The maximum Gasteiger partial charge on any atom is 0.414 e. The highest BCUT2D eigenvalue weighted by Gasteiger charge is 2.35. The topological polar surface area (TPSA) is 87.7 Å². The van der Waals surface area contributed by atoms with E-state index in [0.717, 1.165) is 32.0 Å². The van der Waals surface area contributed by atoms with E-state index < -0.39 is 18.1 Å². The number of amides is 2. The zero-order valence-corrected chi connectivity index (χ0v) is 18.1. The van der Waals surface area contributed by atoms with E-state index in [-0.39, 0.29) is 30.6 Å². The van der Waals surface area contributed by atoms with E-state index in [9.17, 15) is 18.8 Å². The number of carbonyl (C=O) groups is 3. The van der Waals surface area contributed by atoms with E-state index in [1.807, 2.05) is 0 Å². The van der Waals surface area contributed by atoms with Gasteiger partial charge in [0.15, 0.2) is 5.78 Å². The molecule has 2 aromatic rings. The lowest BCUT2D eigenvalue weighted by molar-refractivity contribution is -0.116. The van der Waals surface area contributed by atoms with Gasteiger partial charge in [0.2, 0.25) is 5.91 Å². The molecule has 0 saturated carbocycles. The first kappa shape index (κ1) is 22.7. The van der Waals surface area contributed by atoms with Gasteiger partial charge in [-0.05, 0) is 50.1 Å². The summed E-state index contributed by atoms with van der Waals surface area (Å²) < 4.78 is 20.1. The molecule has 0 spiro atoms. The molecule has 0 aromatic heterocycles. The number of nitrogens with zero attached hydrogens (tertiary/aromatic N) is 1. The minimum Gasteiger partial charge on any atom is -0.442 e. The lowest BCUT2D eigenvalue weighted by Crippen LogP contribution is -2.34. The number of ether oxygens (including phenoxy) is 1. The van der Waals surface area contributed by atoms with Crippen LogP contribution in [-0.2, 0) is 9.53 Å². The Morgan fingerprint density at radius 1 is 1.09 bits per heavy atom. The summed E-state index contributed by atoms with van der Waals surface area (Å²) in [5.74, 6) is -1.03. The van der Waals surface area contributed by atoms with Crippen LogP contribution in [0.5, 0.6) is 0 Å². The number of anilines is 1. The molecule has 7 nitrogen and oxygen atoms in total. The Balaban J connectivity index is 1.36. The van der Waals surface area contributed by atoms with Gasteiger partial charge in [-0.2, -0.15) is 0 Å². The number of hydrogen-bond donors (Lipinski definition) is 2. The van der Waals surface area contributed by atoms with E-state index >= 15 is 0 Å². The SMILES string of the molecule is O=C(C=CC(=O)c1ccccc1)NC[C@H]1CN(c2cccc(F)c2C2CCNCC2)C(=O)O1. The first-order chi connectivity index (χ1) is 16.0. The van der Waals surface area contributed by atoms with Crippen molar-refractivity contribution < 1.29 is 23.5 Å². The second-order valence-electron chi connectivity index (χ2n) is 8.12. The van der Waals surface area contributed by atoms with Crippen LogP contribution in [0.15, 0.2) is 60.7 Å². The smallest absolute Gasteiger partial charge is 0.414 e. The summed E-state index contributed by atoms with van der Waals surface area (Å²) in [7, 11) is 0. The van der Waals surface area contributed by atoms with Crippen molar-refractivity contribution in [2.24, 2.45) is 0 Å². The fourth-order valence-corrected chi connectivity index (χ4v) is 4.22. The molecule has 2 aromatic carbocycles. The molecule has 2 N–H and O–H groups in total. The third-order valence-electron chi connectivity index (χ3n) is 5.89. The average Bonchev–Trinajstić information content (AvgIpc) is 3.22. The van der Waals surface area contributed by atoms with E-state index in [1.165, 1.54) is 17.0 Å². The number of hydrogen-bond acceptors (Lipinski definition) is 5. The van der Waals surface area contributed by atoms with Crippen molar-refractivity contribution in [1.82, 2.24) is 10.6 Å². The van der Waals surface area contributed by atoms with E-state index in [1.54, 1.807) is 42.5 Å². The maximum absolute atomic E-state index is 14.7. The third-order valence-corrected chi connectivity index (χ3v) is 5.89. The quantitative estimate of drug-likeness (QED) is 0.499. The summed E-state index contributed by atoms with van der Waals surface area (Å²) in [5.41, 5.74) is 1.55. The molecule has 33 heavy (non-hydrogen) atoms. The summed E-state index contributed by atoms with van der Waals surface area (Å²) in [4.78, 5) is 38.2. The Bertz CT molecular complexity index is 1050. The highest BCUT2D eigenvalue weighted by molar-refractivity contribution is 6.07. The first-order valence-corrected chi connectivity index (χ1v) is 11.1. The predicted octanol–water partition coefficient (Wildman–Crippen LogP) is 3.17. The molecule has 0 aliphatic carbocycles. The Morgan fingerprint density at radius 3 is 2.61 bits per heavy atom. The van der Waals surface area contributed by atoms with Crippen molar-refractivity contribution in [3.05, 3.63) is 77.6 Å². The Hall–Kier alpha value is -3.52. The molecule has 0 bridgehead atoms. The fraction of sp³-hybridized carbons (Fsp3) is 0.320. The summed E-state index contributed by atoms with van der Waals surface area (Å²) in [6.45, 7) is 1.89. The third kappa shape index (κ3) is 5.46. The van der Waals surface area contributed by atoms with Crippen LogP contribution in [0.4, 0.5) is 14.9 Å². The summed E-state index contributed by atoms with van der Waals surface area (Å²) >= 11 is 0. The predicted molar refractivity (Wildman–Crippen MR) is 122 cm³/mol. The number of rotatable bonds is 7. The van der Waals surface area contributed by atoms with Crippen molar-refractivity contribution in [3.8, 4) is 0 Å². The normalized spacial score (nSPS) is 19.0. The van der Waals surface area contributed by atoms with Crippen LogP contribution >= 0.6 is 0 Å². The standard InChI is InChI=1S/C25H26FN3O4/c26-20-7-4-8-21(24(20)18-11-13-27-14-12-18)29-16-19(33-25(29)32)15-28-23(31)10-9-22(30)17-5-2-1-3-6-17/h1-10,18-19,27H,11-16H2,(H,28,31)/t19-/m0/s1. The van der Waals surface area contributed by atoms with Gasteiger partial charge >= 0.3 is 6.09 Å². The van der Waals surface area contributed by atoms with Crippen molar-refractivity contribution in [3.63, 3.8) is 0 Å². The zero-order chi connectivity index (χ0) is 23.2. The molecule has 2 fully saturated rings. The minimum atomic E-state index is -0.580. The number of carbonyl (C=O) groups excluding carboxylic acids is 3. The van der Waals surface area contributed by atoms with Gasteiger partial charge in [-0.15, -0.1) is 0 Å². The minimum absolute atomic E-state index is 0.0290. The number of benzene rings is 2. The highest BCUT2D eigenvalue weighted by Crippen LogP contribution is 2.36. The number of piperidine rings is 1. The molecule has 2 heterocycles. The van der Waals surface area contributed by atoms with Crippen molar-refractivity contribution in [2.75, 3.05) is 31.1 Å². The van der Waals surface area contributed by atoms with E-state index in [4.69, 9.17) is 4.74 Å². The van der Waals surface area contributed by atoms with Gasteiger partial charge in [-0.1, -0.05) is 36.4 Å². The molecule has 2 aliphatic heterocycles. The summed E-state index contributed by atoms with van der Waals surface area (Å²) in [6, 6.07) is 13.4. The Kier molecular flexibility index (Phi) is 7.14. The number of allylic oxidation sites excluding steroid dienone is 1. The van der Waals surface area contributed by atoms with Crippen molar-refractivity contribution >= 4 is 23.5 Å². The van der Waals surface area contributed by atoms with Gasteiger partial charge in [-0.3, -0.25) is 14.5 Å². The van der Waals surface area contributed by atoms with Crippen LogP contribution < -0.4 is 15.5 Å². The van der Waals surface area contributed by atoms with Crippen LogP contribution in [0.25, 0.3) is 0 Å². The molecule has 0 radical (unpaired) electrons. The number of ketones is 1. The lowest BCUT2D eigenvalue weighted by Gasteiger charge is -2.27. The van der Waals surface area contributed by atoms with Gasteiger partial charge in [0.1, 0.15) is 11.9 Å². The van der Waals surface area contributed by atoms with Crippen LogP contribution in [0.1, 0.15) is 34.7 Å². The molecule has 1 atom stereocenters. The van der Waals surface area contributed by atoms with Crippen LogP contribution in [0, 0.1) is 5.82 Å². The van der Waals surface area contributed by atoms with Gasteiger partial charge in [0.25, 0.3) is 0 Å². The largest absolute Gasteiger partial charge is 0.442 e. The van der Waals surface area contributed by atoms with E-state index in [0.29, 0.717) is 16.8 Å². The monoisotopic (exact) mass is 451 g/mol. The molecule has 0 unspecified atom stereocenters. The molecule has 2 aliphatic rings. The van der Waals surface area contributed by atoms with Gasteiger partial charge in [0.05, 0.1) is 18.8 Å². The first-order valence-electron chi connectivity index (χ1n) is 11.1. The number of halogens is 1. The summed E-state index contributed by atoms with van der Waals surface area (Å²) in [5, 5.41) is 5.92. The molecule has 4 rings (SSSR count). The summed E-state index contributed by atoms with van der Waals surface area (Å²) in [6.07, 6.45) is 2.81. The number of cyclic esters (lactones) is 1. The second-order valence-corrected chi connectivity index (χ2v) is 8.12. The average molecular weight is 451 g/mol. The van der Waals surface area contributed by atoms with E-state index in [2.05, 4.69) is 10.6 Å². The number of nitrogens with one attached hydrogen (secondary N) is 2. The molecule has 8 heteroatoms. The van der Waals surface area contributed by atoms with Gasteiger partial charge < -0.3 is 15.4 Å². The lowest BCUT2D eigenvalue weighted by atomic mass is 9.88. The van der Waals surface area contributed by atoms with Crippen LogP contribution in [0.3, 0.4) is 0 Å².